The van der Waals surface area contributed by atoms with E-state index in [-0.39, 0.29) is 10.6 Å². The average Bonchev–Trinajstić information content (AvgIpc) is 2.53. The van der Waals surface area contributed by atoms with Crippen LogP contribution in [-0.2, 0) is 14.6 Å². The van der Waals surface area contributed by atoms with Crippen LogP contribution in [0.2, 0.25) is 0 Å². The Kier molecular flexibility index (Phi) is 5.34. The molecule has 5 heteroatoms. The van der Waals surface area contributed by atoms with Gasteiger partial charge in [0.05, 0.1) is 17.1 Å². The molecule has 0 aliphatic heterocycles. The molecule has 0 bridgehead atoms. The van der Waals surface area contributed by atoms with Gasteiger partial charge in [-0.3, -0.25) is 4.79 Å². The lowest BCUT2D eigenvalue weighted by atomic mass is 10.1. The van der Waals surface area contributed by atoms with Crippen LogP contribution < -0.4 is 0 Å². The highest BCUT2D eigenvalue weighted by molar-refractivity contribution is 7.91. The SMILES string of the molecule is Cc1ccc(C=Cc2ccc(S(=O)(=O)CCC(=O)O)cc2)cc1. The van der Waals surface area contributed by atoms with Crippen LogP contribution in [-0.4, -0.2) is 25.2 Å². The van der Waals surface area contributed by atoms with Crippen molar-refractivity contribution in [3.05, 3.63) is 65.2 Å². The Morgan fingerprint density at radius 2 is 1.43 bits per heavy atom. The Morgan fingerprint density at radius 3 is 1.91 bits per heavy atom. The van der Waals surface area contributed by atoms with Crippen molar-refractivity contribution in [3.8, 4) is 0 Å². The summed E-state index contributed by atoms with van der Waals surface area (Å²) in [6.45, 7) is 2.02. The molecule has 0 unspecified atom stereocenters. The fourth-order valence-corrected chi connectivity index (χ4v) is 3.23. The van der Waals surface area contributed by atoms with Crippen LogP contribution in [0.4, 0.5) is 0 Å². The quantitative estimate of drug-likeness (QED) is 0.824. The van der Waals surface area contributed by atoms with E-state index in [0.29, 0.717) is 0 Å². The number of carbonyl (C=O) groups is 1. The number of hydrogen-bond donors (Lipinski definition) is 1. The molecule has 2 aromatic rings. The molecular weight excluding hydrogens is 312 g/mol. The van der Waals surface area contributed by atoms with E-state index in [2.05, 4.69) is 0 Å². The van der Waals surface area contributed by atoms with Gasteiger partial charge in [0.15, 0.2) is 9.84 Å². The lowest BCUT2D eigenvalue weighted by Crippen LogP contribution is -2.10. The molecule has 2 aromatic carbocycles. The van der Waals surface area contributed by atoms with Gasteiger partial charge in [0.1, 0.15) is 0 Å². The summed E-state index contributed by atoms with van der Waals surface area (Å²) in [5.41, 5.74) is 3.13. The number of carboxylic acid groups (broad SMARTS) is 1. The third kappa shape index (κ3) is 5.07. The Balaban J connectivity index is 2.10. The maximum absolute atomic E-state index is 12.0. The summed E-state index contributed by atoms with van der Waals surface area (Å²) in [5.74, 6) is -1.51. The van der Waals surface area contributed by atoms with E-state index in [0.717, 1.165) is 11.1 Å². The number of benzene rings is 2. The zero-order chi connectivity index (χ0) is 16.9. The van der Waals surface area contributed by atoms with E-state index in [9.17, 15) is 13.2 Å². The highest BCUT2D eigenvalue weighted by Crippen LogP contribution is 2.15. The highest BCUT2D eigenvalue weighted by Gasteiger charge is 2.15. The molecule has 4 nitrogen and oxygen atoms in total. The number of carboxylic acids is 1. The Morgan fingerprint density at radius 1 is 0.957 bits per heavy atom. The van der Waals surface area contributed by atoms with Crippen molar-refractivity contribution in [2.24, 2.45) is 0 Å². The minimum absolute atomic E-state index is 0.145. The van der Waals surface area contributed by atoms with Gasteiger partial charge < -0.3 is 5.11 Å². The molecule has 120 valence electrons. The molecule has 0 atom stereocenters. The fraction of sp³-hybridized carbons (Fsp3) is 0.167. The maximum Gasteiger partial charge on any atom is 0.304 e. The smallest absolute Gasteiger partial charge is 0.304 e. The molecule has 0 radical (unpaired) electrons. The third-order valence-electron chi connectivity index (χ3n) is 3.37. The van der Waals surface area contributed by atoms with E-state index in [1.54, 1.807) is 12.1 Å². The number of aliphatic carboxylic acids is 1. The number of hydrogen-bond acceptors (Lipinski definition) is 3. The molecule has 0 amide bonds. The summed E-state index contributed by atoms with van der Waals surface area (Å²) in [6, 6.07) is 14.5. The van der Waals surface area contributed by atoms with Crippen LogP contribution in [0.1, 0.15) is 23.1 Å². The van der Waals surface area contributed by atoms with Crippen LogP contribution in [0, 0.1) is 6.92 Å². The summed E-state index contributed by atoms with van der Waals surface area (Å²) in [4.78, 5) is 10.6. The molecule has 0 heterocycles. The average molecular weight is 330 g/mol. The summed E-state index contributed by atoms with van der Waals surface area (Å²) in [5, 5.41) is 8.59. The van der Waals surface area contributed by atoms with Gasteiger partial charge in [0.25, 0.3) is 0 Å². The van der Waals surface area contributed by atoms with E-state index in [4.69, 9.17) is 5.11 Å². The molecule has 2 rings (SSSR count). The van der Waals surface area contributed by atoms with Crippen LogP contribution in [0.5, 0.6) is 0 Å². The second-order valence-electron chi connectivity index (χ2n) is 5.28. The largest absolute Gasteiger partial charge is 0.481 e. The van der Waals surface area contributed by atoms with Crippen LogP contribution in [0.25, 0.3) is 12.2 Å². The molecule has 0 spiro atoms. The first-order valence-corrected chi connectivity index (χ1v) is 8.81. The van der Waals surface area contributed by atoms with Gasteiger partial charge in [0, 0.05) is 0 Å². The summed E-state index contributed by atoms with van der Waals surface area (Å²) in [6.07, 6.45) is 3.46. The second kappa shape index (κ2) is 7.24. The zero-order valence-corrected chi connectivity index (χ0v) is 13.6. The monoisotopic (exact) mass is 330 g/mol. The van der Waals surface area contributed by atoms with Crippen molar-refractivity contribution in [2.45, 2.75) is 18.2 Å². The normalized spacial score (nSPS) is 11.7. The van der Waals surface area contributed by atoms with Gasteiger partial charge in [0.2, 0.25) is 0 Å². The Bertz CT molecular complexity index is 801. The minimum Gasteiger partial charge on any atom is -0.481 e. The van der Waals surface area contributed by atoms with E-state index in [1.165, 1.54) is 17.7 Å². The van der Waals surface area contributed by atoms with E-state index < -0.39 is 22.2 Å². The number of sulfone groups is 1. The molecular formula is C18H18O4S. The lowest BCUT2D eigenvalue weighted by Gasteiger charge is -2.03. The van der Waals surface area contributed by atoms with Crippen molar-refractivity contribution in [3.63, 3.8) is 0 Å². The van der Waals surface area contributed by atoms with Gasteiger partial charge in [-0.1, -0.05) is 54.1 Å². The first-order valence-electron chi connectivity index (χ1n) is 7.16. The van der Waals surface area contributed by atoms with Crippen molar-refractivity contribution in [1.29, 1.82) is 0 Å². The van der Waals surface area contributed by atoms with Crippen LogP contribution in [0.15, 0.2) is 53.4 Å². The van der Waals surface area contributed by atoms with Gasteiger partial charge in [-0.15, -0.1) is 0 Å². The molecule has 23 heavy (non-hydrogen) atoms. The van der Waals surface area contributed by atoms with Crippen LogP contribution in [0.3, 0.4) is 0 Å². The van der Waals surface area contributed by atoms with Gasteiger partial charge in [-0.2, -0.15) is 0 Å². The van der Waals surface area contributed by atoms with Crippen molar-refractivity contribution < 1.29 is 18.3 Å². The lowest BCUT2D eigenvalue weighted by molar-refractivity contribution is -0.136. The summed E-state index contributed by atoms with van der Waals surface area (Å²) < 4.78 is 24.0. The Hall–Kier alpha value is -2.40. The van der Waals surface area contributed by atoms with E-state index >= 15 is 0 Å². The first kappa shape index (κ1) is 17.0. The van der Waals surface area contributed by atoms with Crippen molar-refractivity contribution in [2.75, 3.05) is 5.75 Å². The fourth-order valence-electron chi connectivity index (χ4n) is 2.00. The van der Waals surface area contributed by atoms with Crippen LogP contribution >= 0.6 is 0 Å². The molecule has 0 aliphatic rings. The number of rotatable bonds is 6. The zero-order valence-electron chi connectivity index (χ0n) is 12.8. The predicted molar refractivity (Wildman–Crippen MR) is 90.9 cm³/mol. The maximum atomic E-state index is 12.0. The molecule has 0 aliphatic carbocycles. The molecule has 0 aromatic heterocycles. The third-order valence-corrected chi connectivity index (χ3v) is 5.10. The predicted octanol–water partition coefficient (Wildman–Crippen LogP) is 3.41. The molecule has 0 saturated heterocycles. The van der Waals surface area contributed by atoms with Gasteiger partial charge in [-0.05, 0) is 30.2 Å². The minimum atomic E-state index is -3.55. The van der Waals surface area contributed by atoms with Gasteiger partial charge in [-0.25, -0.2) is 8.42 Å². The summed E-state index contributed by atoms with van der Waals surface area (Å²) in [7, 11) is -3.55. The first-order chi connectivity index (χ1) is 10.9. The molecule has 0 saturated carbocycles. The van der Waals surface area contributed by atoms with Crippen molar-refractivity contribution in [1.82, 2.24) is 0 Å². The standard InChI is InChI=1S/C18H18O4S/c1-14-2-4-15(5-3-14)6-7-16-8-10-17(11-9-16)23(21,22)13-12-18(19)20/h2-11H,12-13H2,1H3,(H,19,20). The summed E-state index contributed by atoms with van der Waals surface area (Å²) >= 11 is 0. The molecule has 1 N–H and O–H groups in total. The number of aryl methyl sites for hydroxylation is 1. The van der Waals surface area contributed by atoms with Gasteiger partial charge >= 0.3 is 5.97 Å². The van der Waals surface area contributed by atoms with Crippen molar-refractivity contribution >= 4 is 28.0 Å². The van der Waals surface area contributed by atoms with E-state index in [1.807, 2.05) is 43.3 Å². The Labute approximate surface area is 136 Å². The topological polar surface area (TPSA) is 71.4 Å². The highest BCUT2D eigenvalue weighted by atomic mass is 32.2. The molecule has 0 fully saturated rings. The second-order valence-corrected chi connectivity index (χ2v) is 7.38.